The van der Waals surface area contributed by atoms with Crippen molar-refractivity contribution in [3.63, 3.8) is 0 Å². The highest BCUT2D eigenvalue weighted by molar-refractivity contribution is 6.07. The summed E-state index contributed by atoms with van der Waals surface area (Å²) in [6, 6.07) is 6.47. The maximum absolute atomic E-state index is 12.6. The van der Waals surface area contributed by atoms with Crippen molar-refractivity contribution in [1.29, 1.82) is 0 Å². The Morgan fingerprint density at radius 1 is 1.26 bits per heavy atom. The lowest BCUT2D eigenvalue weighted by Gasteiger charge is -2.34. The monoisotopic (exact) mass is 316 g/mol. The predicted octanol–water partition coefficient (Wildman–Crippen LogP) is 0.175. The van der Waals surface area contributed by atoms with Crippen molar-refractivity contribution in [2.24, 2.45) is 0 Å². The molecule has 0 spiro atoms. The first-order chi connectivity index (χ1) is 10.9. The van der Waals surface area contributed by atoms with Gasteiger partial charge in [-0.3, -0.25) is 14.9 Å². The number of rotatable bonds is 2. The summed E-state index contributed by atoms with van der Waals surface area (Å²) in [4.78, 5) is 37.7. The molecule has 0 radical (unpaired) electrons. The third-order valence-electron chi connectivity index (χ3n) is 4.52. The van der Waals surface area contributed by atoms with E-state index < -0.39 is 17.5 Å². The van der Waals surface area contributed by atoms with Crippen molar-refractivity contribution in [2.45, 2.75) is 25.4 Å². The van der Waals surface area contributed by atoms with Crippen LogP contribution in [0.15, 0.2) is 24.3 Å². The number of hydrogen-bond acceptors (Lipinski definition) is 4. The first-order valence-electron chi connectivity index (χ1n) is 7.67. The number of nitrogens with zero attached hydrogens (tertiary/aromatic N) is 1. The number of hydrogen-bond donors (Lipinski definition) is 3. The molecule has 7 nitrogen and oxygen atoms in total. The molecule has 2 fully saturated rings. The Morgan fingerprint density at radius 2 is 1.96 bits per heavy atom. The number of amides is 4. The van der Waals surface area contributed by atoms with Crippen LogP contribution in [0, 0.1) is 0 Å². The van der Waals surface area contributed by atoms with Crippen LogP contribution in [0.3, 0.4) is 0 Å². The topological polar surface area (TPSA) is 90.5 Å². The van der Waals surface area contributed by atoms with Crippen molar-refractivity contribution < 1.29 is 14.4 Å². The Balaban J connectivity index is 1.81. The number of carbonyl (C=O) groups excluding carboxylic acids is 3. The molecule has 0 aliphatic carbocycles. The number of imide groups is 1. The first kappa shape index (κ1) is 15.5. The fourth-order valence-electron chi connectivity index (χ4n) is 3.00. The van der Waals surface area contributed by atoms with Crippen LogP contribution >= 0.6 is 0 Å². The zero-order valence-electron chi connectivity index (χ0n) is 13.2. The van der Waals surface area contributed by atoms with Crippen molar-refractivity contribution >= 4 is 17.8 Å². The van der Waals surface area contributed by atoms with Gasteiger partial charge in [0.25, 0.3) is 11.8 Å². The summed E-state index contributed by atoms with van der Waals surface area (Å²) in [5.41, 5.74) is 0.127. The summed E-state index contributed by atoms with van der Waals surface area (Å²) < 4.78 is 0. The molecule has 3 N–H and O–H groups in total. The summed E-state index contributed by atoms with van der Waals surface area (Å²) in [6.45, 7) is 5.91. The smallest absolute Gasteiger partial charge is 0.322 e. The highest BCUT2D eigenvalue weighted by Gasteiger charge is 2.43. The van der Waals surface area contributed by atoms with Gasteiger partial charge >= 0.3 is 6.03 Å². The minimum atomic E-state index is -1.10. The predicted molar refractivity (Wildman–Crippen MR) is 83.8 cm³/mol. The van der Waals surface area contributed by atoms with E-state index in [1.54, 1.807) is 31.2 Å². The molecule has 2 aliphatic heterocycles. The lowest BCUT2D eigenvalue weighted by atomic mass is 9.91. The molecule has 7 heteroatoms. The van der Waals surface area contributed by atoms with E-state index in [0.29, 0.717) is 17.7 Å². The first-order valence-corrected chi connectivity index (χ1v) is 7.67. The SMILES string of the molecule is C[C@@H]1CNCCN1C(=O)c1ccc([C@@]2(C)NC(=O)NC2=O)cc1. The van der Waals surface area contributed by atoms with Gasteiger partial charge in [-0.1, -0.05) is 12.1 Å². The molecule has 23 heavy (non-hydrogen) atoms. The van der Waals surface area contributed by atoms with Crippen LogP contribution in [0.2, 0.25) is 0 Å². The minimum Gasteiger partial charge on any atom is -0.333 e. The highest BCUT2D eigenvalue weighted by Crippen LogP contribution is 2.25. The summed E-state index contributed by atoms with van der Waals surface area (Å²) in [5.74, 6) is -0.409. The quantitative estimate of drug-likeness (QED) is 0.679. The Hall–Kier alpha value is -2.41. The normalized spacial score (nSPS) is 27.6. The van der Waals surface area contributed by atoms with Gasteiger partial charge < -0.3 is 15.5 Å². The third-order valence-corrected chi connectivity index (χ3v) is 4.52. The second-order valence-corrected chi connectivity index (χ2v) is 6.16. The van der Waals surface area contributed by atoms with E-state index >= 15 is 0 Å². The van der Waals surface area contributed by atoms with Crippen LogP contribution in [-0.4, -0.2) is 48.4 Å². The van der Waals surface area contributed by atoms with Crippen molar-refractivity contribution in [1.82, 2.24) is 20.9 Å². The minimum absolute atomic E-state index is 0.0180. The van der Waals surface area contributed by atoms with Crippen LogP contribution in [0.1, 0.15) is 29.8 Å². The van der Waals surface area contributed by atoms with Gasteiger partial charge in [-0.2, -0.15) is 0 Å². The maximum atomic E-state index is 12.6. The molecule has 4 amide bonds. The molecular weight excluding hydrogens is 296 g/mol. The van der Waals surface area contributed by atoms with Crippen LogP contribution in [0.5, 0.6) is 0 Å². The van der Waals surface area contributed by atoms with E-state index in [0.717, 1.165) is 13.1 Å². The molecule has 2 heterocycles. The van der Waals surface area contributed by atoms with E-state index in [4.69, 9.17) is 0 Å². The zero-order chi connectivity index (χ0) is 16.6. The van der Waals surface area contributed by atoms with E-state index in [1.807, 2.05) is 11.8 Å². The number of urea groups is 1. The highest BCUT2D eigenvalue weighted by atomic mass is 16.2. The summed E-state index contributed by atoms with van der Waals surface area (Å²) in [7, 11) is 0. The summed E-state index contributed by atoms with van der Waals surface area (Å²) >= 11 is 0. The van der Waals surface area contributed by atoms with Gasteiger partial charge in [0, 0.05) is 31.2 Å². The van der Waals surface area contributed by atoms with Crippen LogP contribution in [0.25, 0.3) is 0 Å². The van der Waals surface area contributed by atoms with E-state index in [-0.39, 0.29) is 11.9 Å². The van der Waals surface area contributed by atoms with E-state index in [2.05, 4.69) is 16.0 Å². The Kier molecular flexibility index (Phi) is 3.81. The Labute approximate surface area is 134 Å². The van der Waals surface area contributed by atoms with E-state index in [9.17, 15) is 14.4 Å². The fourth-order valence-corrected chi connectivity index (χ4v) is 3.00. The van der Waals surface area contributed by atoms with Crippen LogP contribution in [-0.2, 0) is 10.3 Å². The molecule has 122 valence electrons. The lowest BCUT2D eigenvalue weighted by Crippen LogP contribution is -2.52. The average Bonchev–Trinajstić information content (AvgIpc) is 2.81. The summed E-state index contributed by atoms with van der Waals surface area (Å²) in [5, 5.41) is 8.09. The number of carbonyl (C=O) groups is 3. The molecule has 0 saturated carbocycles. The molecule has 3 rings (SSSR count). The summed E-state index contributed by atoms with van der Waals surface area (Å²) in [6.07, 6.45) is 0. The zero-order valence-corrected chi connectivity index (χ0v) is 13.2. The third kappa shape index (κ3) is 2.68. The molecular formula is C16H20N4O3. The second kappa shape index (κ2) is 5.66. The molecule has 0 unspecified atom stereocenters. The van der Waals surface area contributed by atoms with Gasteiger partial charge in [-0.15, -0.1) is 0 Å². The van der Waals surface area contributed by atoms with Gasteiger partial charge in [0.05, 0.1) is 0 Å². The molecule has 2 atom stereocenters. The van der Waals surface area contributed by atoms with Crippen LogP contribution < -0.4 is 16.0 Å². The Morgan fingerprint density at radius 3 is 2.52 bits per heavy atom. The van der Waals surface area contributed by atoms with Crippen molar-refractivity contribution in [3.05, 3.63) is 35.4 Å². The Bertz CT molecular complexity index is 658. The maximum Gasteiger partial charge on any atom is 0.322 e. The van der Waals surface area contributed by atoms with E-state index in [1.165, 1.54) is 0 Å². The van der Waals surface area contributed by atoms with Crippen molar-refractivity contribution in [2.75, 3.05) is 19.6 Å². The van der Waals surface area contributed by atoms with Gasteiger partial charge in [-0.05, 0) is 31.5 Å². The van der Waals surface area contributed by atoms with Crippen molar-refractivity contribution in [3.8, 4) is 0 Å². The van der Waals surface area contributed by atoms with Gasteiger partial charge in [-0.25, -0.2) is 4.79 Å². The number of nitrogens with one attached hydrogen (secondary N) is 3. The largest absolute Gasteiger partial charge is 0.333 e. The molecule has 0 bridgehead atoms. The molecule has 1 aromatic rings. The fraction of sp³-hybridized carbons (Fsp3) is 0.438. The molecule has 1 aromatic carbocycles. The average molecular weight is 316 g/mol. The van der Waals surface area contributed by atoms with Gasteiger partial charge in [0.1, 0.15) is 5.54 Å². The second-order valence-electron chi connectivity index (χ2n) is 6.16. The molecule has 0 aromatic heterocycles. The number of benzene rings is 1. The molecule has 2 saturated heterocycles. The number of piperazine rings is 1. The van der Waals surface area contributed by atoms with Crippen LogP contribution in [0.4, 0.5) is 4.79 Å². The standard InChI is InChI=1S/C16H20N4O3/c1-10-9-17-7-8-20(10)13(21)11-3-5-12(6-4-11)16(2)14(22)18-15(23)19-16/h3-6,10,17H,7-9H2,1-2H3,(H2,18,19,22,23)/t10-,16-/m1/s1. The molecule has 2 aliphatic rings. The lowest BCUT2D eigenvalue weighted by molar-refractivity contribution is -0.123. The van der Waals surface area contributed by atoms with Gasteiger partial charge in [0.2, 0.25) is 0 Å². The van der Waals surface area contributed by atoms with Gasteiger partial charge in [0.15, 0.2) is 0 Å².